The van der Waals surface area contributed by atoms with Gasteiger partial charge in [0.05, 0.1) is 6.61 Å². The summed E-state index contributed by atoms with van der Waals surface area (Å²) in [5, 5.41) is 11.3. The number of carbonyl (C=O) groups excluding carboxylic acids is 1. The van der Waals surface area contributed by atoms with Gasteiger partial charge >= 0.3 is 5.97 Å². The maximum absolute atomic E-state index is 11.8. The number of carbonyl (C=O) groups is 2. The van der Waals surface area contributed by atoms with Crippen LogP contribution in [0.15, 0.2) is 24.3 Å². The maximum Gasteiger partial charge on any atom is 0.327 e. The zero-order valence-corrected chi connectivity index (χ0v) is 10.6. The van der Waals surface area contributed by atoms with E-state index in [0.717, 1.165) is 5.56 Å². The van der Waals surface area contributed by atoms with E-state index in [0.29, 0.717) is 12.2 Å². The summed E-state index contributed by atoms with van der Waals surface area (Å²) in [4.78, 5) is 22.7. The van der Waals surface area contributed by atoms with Gasteiger partial charge in [0.2, 0.25) is 0 Å². The lowest BCUT2D eigenvalue weighted by Gasteiger charge is -2.12. The average Bonchev–Trinajstić information content (AvgIpc) is 2.39. The van der Waals surface area contributed by atoms with Crippen molar-refractivity contribution in [1.82, 2.24) is 5.32 Å². The Morgan fingerprint density at radius 1 is 1.42 bits per heavy atom. The van der Waals surface area contributed by atoms with Gasteiger partial charge in [-0.05, 0) is 17.7 Å². The Morgan fingerprint density at radius 2 is 2.05 bits per heavy atom. The first-order valence-electron chi connectivity index (χ1n) is 5.63. The highest BCUT2D eigenvalue weighted by molar-refractivity contribution is 5.96. The molecule has 1 aromatic carbocycles. The molecule has 0 saturated carbocycles. The summed E-state index contributed by atoms with van der Waals surface area (Å²) in [6, 6.07) is 5.64. The molecule has 1 atom stereocenters. The Hall–Kier alpha value is -2.32. The van der Waals surface area contributed by atoms with E-state index >= 15 is 0 Å². The highest BCUT2D eigenvalue weighted by Crippen LogP contribution is 2.06. The summed E-state index contributed by atoms with van der Waals surface area (Å²) in [5.74, 6) is 0.603. The molecule has 19 heavy (non-hydrogen) atoms. The fourth-order valence-corrected chi connectivity index (χ4v) is 1.48. The summed E-state index contributed by atoms with van der Waals surface area (Å²) in [6.07, 6.45) is 5.00. The number of ether oxygens (including phenoxy) is 1. The second-order valence-electron chi connectivity index (χ2n) is 3.90. The van der Waals surface area contributed by atoms with Crippen molar-refractivity contribution in [3.63, 3.8) is 0 Å². The van der Waals surface area contributed by atoms with Gasteiger partial charge in [0.25, 0.3) is 5.91 Å². The first-order valence-corrected chi connectivity index (χ1v) is 5.63. The summed E-state index contributed by atoms with van der Waals surface area (Å²) in [7, 11) is 1.58. The lowest BCUT2D eigenvalue weighted by molar-refractivity contribution is -0.139. The molecule has 100 valence electrons. The van der Waals surface area contributed by atoms with Crippen LogP contribution in [-0.2, 0) is 16.1 Å². The molecule has 1 aromatic rings. The molecular formula is C14H15NO4. The quantitative estimate of drug-likeness (QED) is 0.750. The lowest BCUT2D eigenvalue weighted by atomic mass is 10.1. The third kappa shape index (κ3) is 4.45. The zero-order chi connectivity index (χ0) is 14.3. The van der Waals surface area contributed by atoms with Gasteiger partial charge in [-0.1, -0.05) is 12.1 Å². The molecule has 0 fully saturated rings. The van der Waals surface area contributed by atoms with Crippen LogP contribution >= 0.6 is 0 Å². The number of hydrogen-bond donors (Lipinski definition) is 2. The molecule has 0 radical (unpaired) electrons. The van der Waals surface area contributed by atoms with Crippen LogP contribution in [0.3, 0.4) is 0 Å². The highest BCUT2D eigenvalue weighted by atomic mass is 16.5. The summed E-state index contributed by atoms with van der Waals surface area (Å²) in [5.41, 5.74) is 1.31. The molecule has 0 spiro atoms. The van der Waals surface area contributed by atoms with Gasteiger partial charge in [-0.15, -0.1) is 12.3 Å². The normalized spacial score (nSPS) is 11.4. The SMILES string of the molecule is C#CCC(NC(=O)c1ccc(COC)cc1)C(=O)O. The summed E-state index contributed by atoms with van der Waals surface area (Å²) in [6.45, 7) is 0.455. The molecule has 1 unspecified atom stereocenters. The number of nitrogens with one attached hydrogen (secondary N) is 1. The third-order valence-electron chi connectivity index (χ3n) is 2.45. The molecule has 5 nitrogen and oxygen atoms in total. The van der Waals surface area contributed by atoms with Crippen molar-refractivity contribution < 1.29 is 19.4 Å². The molecule has 5 heteroatoms. The molecule has 0 heterocycles. The van der Waals surface area contributed by atoms with E-state index in [4.69, 9.17) is 16.3 Å². The minimum absolute atomic E-state index is 0.0527. The van der Waals surface area contributed by atoms with Crippen LogP contribution in [-0.4, -0.2) is 30.1 Å². The fourth-order valence-electron chi connectivity index (χ4n) is 1.48. The van der Waals surface area contributed by atoms with E-state index in [9.17, 15) is 9.59 Å². The minimum atomic E-state index is -1.15. The Kier molecular flexibility index (Phi) is 5.58. The minimum Gasteiger partial charge on any atom is -0.480 e. The van der Waals surface area contributed by atoms with Gasteiger partial charge in [0, 0.05) is 19.1 Å². The van der Waals surface area contributed by atoms with E-state index in [2.05, 4.69) is 11.2 Å². The topological polar surface area (TPSA) is 75.6 Å². The van der Waals surface area contributed by atoms with E-state index in [-0.39, 0.29) is 6.42 Å². The Morgan fingerprint density at radius 3 is 2.53 bits per heavy atom. The van der Waals surface area contributed by atoms with Crippen molar-refractivity contribution in [1.29, 1.82) is 0 Å². The number of amides is 1. The number of terminal acetylenes is 1. The Bertz CT molecular complexity index is 487. The molecule has 0 bridgehead atoms. The van der Waals surface area contributed by atoms with Crippen molar-refractivity contribution in [2.24, 2.45) is 0 Å². The zero-order valence-electron chi connectivity index (χ0n) is 10.6. The number of rotatable bonds is 6. The van der Waals surface area contributed by atoms with E-state index < -0.39 is 17.9 Å². The fraction of sp³-hybridized carbons (Fsp3) is 0.286. The number of carboxylic acids is 1. The number of hydrogen-bond acceptors (Lipinski definition) is 3. The molecule has 0 aromatic heterocycles. The second-order valence-corrected chi connectivity index (χ2v) is 3.90. The molecular weight excluding hydrogens is 246 g/mol. The van der Waals surface area contributed by atoms with Crippen molar-refractivity contribution in [3.05, 3.63) is 35.4 Å². The molecule has 2 N–H and O–H groups in total. The maximum atomic E-state index is 11.8. The number of aliphatic carboxylic acids is 1. The monoisotopic (exact) mass is 261 g/mol. The predicted molar refractivity (Wildman–Crippen MR) is 69.5 cm³/mol. The molecule has 0 aliphatic rings. The average molecular weight is 261 g/mol. The first kappa shape index (κ1) is 14.7. The molecule has 0 aliphatic heterocycles. The van der Waals surface area contributed by atoms with Gasteiger partial charge in [-0.2, -0.15) is 0 Å². The van der Waals surface area contributed by atoms with Gasteiger partial charge in [0.1, 0.15) is 6.04 Å². The van der Waals surface area contributed by atoms with Gasteiger partial charge in [-0.3, -0.25) is 4.79 Å². The Labute approximate surface area is 111 Å². The largest absolute Gasteiger partial charge is 0.480 e. The molecule has 1 rings (SSSR count). The lowest BCUT2D eigenvalue weighted by Crippen LogP contribution is -2.40. The number of carboxylic acid groups (broad SMARTS) is 1. The highest BCUT2D eigenvalue weighted by Gasteiger charge is 2.19. The molecule has 0 aliphatic carbocycles. The van der Waals surface area contributed by atoms with Crippen LogP contribution in [0.5, 0.6) is 0 Å². The van der Waals surface area contributed by atoms with Crippen molar-refractivity contribution in [3.8, 4) is 12.3 Å². The van der Waals surface area contributed by atoms with Crippen LogP contribution < -0.4 is 5.32 Å². The van der Waals surface area contributed by atoms with Crippen molar-refractivity contribution >= 4 is 11.9 Å². The first-order chi connectivity index (χ1) is 9.08. The van der Waals surface area contributed by atoms with Crippen LogP contribution in [0.25, 0.3) is 0 Å². The van der Waals surface area contributed by atoms with Gasteiger partial charge in [0.15, 0.2) is 0 Å². The second kappa shape index (κ2) is 7.19. The summed E-state index contributed by atoms with van der Waals surface area (Å²) >= 11 is 0. The standard InChI is InChI=1S/C14H15NO4/c1-3-4-12(14(17)18)15-13(16)11-7-5-10(6-8-11)9-19-2/h1,5-8,12H,4,9H2,2H3,(H,15,16)(H,17,18). The number of methoxy groups -OCH3 is 1. The number of benzene rings is 1. The van der Waals surface area contributed by atoms with Crippen LogP contribution in [0, 0.1) is 12.3 Å². The van der Waals surface area contributed by atoms with Crippen molar-refractivity contribution in [2.75, 3.05) is 7.11 Å². The van der Waals surface area contributed by atoms with Crippen LogP contribution in [0.1, 0.15) is 22.3 Å². The third-order valence-corrected chi connectivity index (χ3v) is 2.45. The molecule has 0 saturated heterocycles. The van der Waals surface area contributed by atoms with Gasteiger partial charge in [-0.25, -0.2) is 4.79 Å². The van der Waals surface area contributed by atoms with E-state index in [1.807, 2.05) is 0 Å². The Balaban J connectivity index is 2.72. The summed E-state index contributed by atoms with van der Waals surface area (Å²) < 4.78 is 4.96. The van der Waals surface area contributed by atoms with E-state index in [1.54, 1.807) is 31.4 Å². The van der Waals surface area contributed by atoms with Crippen LogP contribution in [0.4, 0.5) is 0 Å². The predicted octanol–water partition coefficient (Wildman–Crippen LogP) is 1.04. The van der Waals surface area contributed by atoms with Crippen LogP contribution in [0.2, 0.25) is 0 Å². The smallest absolute Gasteiger partial charge is 0.327 e. The van der Waals surface area contributed by atoms with Gasteiger partial charge < -0.3 is 15.2 Å². The van der Waals surface area contributed by atoms with Crippen molar-refractivity contribution in [2.45, 2.75) is 19.1 Å². The molecule has 1 amide bonds. The van der Waals surface area contributed by atoms with E-state index in [1.165, 1.54) is 0 Å².